The molecule has 1 atom stereocenters. The Hall–Kier alpha value is -1.55. The Morgan fingerprint density at radius 3 is 3.17 bits per heavy atom. The summed E-state index contributed by atoms with van der Waals surface area (Å²) in [5, 5.41) is 3.55. The van der Waals surface area contributed by atoms with Crippen LogP contribution in [0.4, 0.5) is 0 Å². The van der Waals surface area contributed by atoms with Crippen molar-refractivity contribution in [2.24, 2.45) is 0 Å². The van der Waals surface area contributed by atoms with Crippen LogP contribution < -0.4 is 5.32 Å². The standard InChI is InChI=1S/C14H19N3O/c1-11-9-16-14(13-6-2-3-7-15-13)17(11)10-12-5-4-8-18-12/h4-5,8-9,13,15H,2-3,6-7,10H2,1H3. The summed E-state index contributed by atoms with van der Waals surface area (Å²) in [6.07, 6.45) is 7.40. The molecule has 1 unspecified atom stereocenters. The maximum atomic E-state index is 5.44. The SMILES string of the molecule is Cc1cnc(C2CCCCN2)n1Cc1ccco1. The van der Waals surface area contributed by atoms with Gasteiger partial charge in [0, 0.05) is 11.9 Å². The lowest BCUT2D eigenvalue weighted by Crippen LogP contribution is -2.29. The second-order valence-electron chi connectivity index (χ2n) is 4.93. The summed E-state index contributed by atoms with van der Waals surface area (Å²) in [5.41, 5.74) is 1.19. The van der Waals surface area contributed by atoms with Gasteiger partial charge in [-0.1, -0.05) is 6.42 Å². The summed E-state index contributed by atoms with van der Waals surface area (Å²) in [6, 6.07) is 4.33. The van der Waals surface area contributed by atoms with Crippen LogP contribution in [-0.2, 0) is 6.54 Å². The summed E-state index contributed by atoms with van der Waals surface area (Å²) < 4.78 is 7.69. The number of aryl methyl sites for hydroxylation is 1. The van der Waals surface area contributed by atoms with E-state index in [0.717, 1.165) is 24.7 Å². The molecule has 1 aliphatic rings. The molecule has 3 heterocycles. The van der Waals surface area contributed by atoms with Crippen LogP contribution in [0.15, 0.2) is 29.0 Å². The van der Waals surface area contributed by atoms with E-state index in [-0.39, 0.29) is 0 Å². The maximum Gasteiger partial charge on any atom is 0.126 e. The number of nitrogens with zero attached hydrogens (tertiary/aromatic N) is 2. The molecule has 0 spiro atoms. The topological polar surface area (TPSA) is 43.0 Å². The van der Waals surface area contributed by atoms with E-state index in [0.29, 0.717) is 6.04 Å². The molecule has 0 aliphatic carbocycles. The number of imidazole rings is 1. The van der Waals surface area contributed by atoms with Gasteiger partial charge in [-0.25, -0.2) is 4.98 Å². The maximum absolute atomic E-state index is 5.44. The van der Waals surface area contributed by atoms with Gasteiger partial charge in [0.1, 0.15) is 11.6 Å². The van der Waals surface area contributed by atoms with E-state index in [2.05, 4.69) is 21.8 Å². The minimum Gasteiger partial charge on any atom is -0.467 e. The Bertz CT molecular complexity index is 495. The highest BCUT2D eigenvalue weighted by atomic mass is 16.3. The first-order valence-corrected chi connectivity index (χ1v) is 6.62. The van der Waals surface area contributed by atoms with Gasteiger partial charge in [-0.3, -0.25) is 0 Å². The molecule has 1 saturated heterocycles. The predicted molar refractivity (Wildman–Crippen MR) is 69.4 cm³/mol. The number of hydrogen-bond acceptors (Lipinski definition) is 3. The molecule has 18 heavy (non-hydrogen) atoms. The van der Waals surface area contributed by atoms with Gasteiger partial charge in [-0.15, -0.1) is 0 Å². The molecule has 0 radical (unpaired) electrons. The number of hydrogen-bond donors (Lipinski definition) is 1. The Labute approximate surface area is 107 Å². The van der Waals surface area contributed by atoms with Crippen molar-refractivity contribution in [1.82, 2.24) is 14.9 Å². The Morgan fingerprint density at radius 1 is 1.50 bits per heavy atom. The first kappa shape index (κ1) is 11.5. The first-order chi connectivity index (χ1) is 8.84. The molecule has 0 bridgehead atoms. The van der Waals surface area contributed by atoms with Crippen molar-refractivity contribution in [1.29, 1.82) is 0 Å². The fourth-order valence-electron chi connectivity index (χ4n) is 2.59. The van der Waals surface area contributed by atoms with Gasteiger partial charge in [0.05, 0.1) is 18.8 Å². The third kappa shape index (κ3) is 2.20. The molecular formula is C14H19N3O. The third-order valence-electron chi connectivity index (χ3n) is 3.60. The lowest BCUT2D eigenvalue weighted by molar-refractivity contribution is 0.382. The zero-order valence-corrected chi connectivity index (χ0v) is 10.7. The predicted octanol–water partition coefficient (Wildman–Crippen LogP) is 2.65. The quantitative estimate of drug-likeness (QED) is 0.904. The van der Waals surface area contributed by atoms with Crippen molar-refractivity contribution in [2.75, 3.05) is 6.54 Å². The van der Waals surface area contributed by atoms with Gasteiger partial charge in [0.15, 0.2) is 0 Å². The van der Waals surface area contributed by atoms with Crippen molar-refractivity contribution in [3.8, 4) is 0 Å². The number of nitrogens with one attached hydrogen (secondary N) is 1. The van der Waals surface area contributed by atoms with Gasteiger partial charge in [0.25, 0.3) is 0 Å². The molecule has 3 rings (SSSR count). The highest BCUT2D eigenvalue weighted by Gasteiger charge is 2.20. The van der Waals surface area contributed by atoms with Gasteiger partial charge in [-0.2, -0.15) is 0 Å². The van der Waals surface area contributed by atoms with Gasteiger partial charge in [0.2, 0.25) is 0 Å². The smallest absolute Gasteiger partial charge is 0.126 e. The molecule has 0 aromatic carbocycles. The molecule has 1 fully saturated rings. The summed E-state index contributed by atoms with van der Waals surface area (Å²) in [7, 11) is 0. The van der Waals surface area contributed by atoms with Crippen LogP contribution >= 0.6 is 0 Å². The van der Waals surface area contributed by atoms with Crippen molar-refractivity contribution in [2.45, 2.75) is 38.8 Å². The van der Waals surface area contributed by atoms with Crippen molar-refractivity contribution in [3.05, 3.63) is 41.9 Å². The van der Waals surface area contributed by atoms with E-state index >= 15 is 0 Å². The molecule has 4 heteroatoms. The van der Waals surface area contributed by atoms with E-state index in [1.54, 1.807) is 6.26 Å². The summed E-state index contributed by atoms with van der Waals surface area (Å²) in [4.78, 5) is 4.58. The van der Waals surface area contributed by atoms with E-state index < -0.39 is 0 Å². The molecule has 0 amide bonds. The third-order valence-corrected chi connectivity index (χ3v) is 3.60. The van der Waals surface area contributed by atoms with Gasteiger partial charge in [-0.05, 0) is 38.4 Å². The highest BCUT2D eigenvalue weighted by Crippen LogP contribution is 2.23. The molecule has 2 aromatic heterocycles. The minimum absolute atomic E-state index is 0.391. The van der Waals surface area contributed by atoms with E-state index in [9.17, 15) is 0 Å². The lowest BCUT2D eigenvalue weighted by atomic mass is 10.0. The molecule has 0 saturated carbocycles. The van der Waals surface area contributed by atoms with Crippen molar-refractivity contribution in [3.63, 3.8) is 0 Å². The summed E-state index contributed by atoms with van der Waals surface area (Å²) >= 11 is 0. The van der Waals surface area contributed by atoms with Crippen LogP contribution in [0, 0.1) is 6.92 Å². The van der Waals surface area contributed by atoms with E-state index in [4.69, 9.17) is 4.42 Å². The molecular weight excluding hydrogens is 226 g/mol. The largest absolute Gasteiger partial charge is 0.467 e. The highest BCUT2D eigenvalue weighted by molar-refractivity contribution is 5.11. The molecule has 1 N–H and O–H groups in total. The molecule has 4 nitrogen and oxygen atoms in total. The van der Waals surface area contributed by atoms with E-state index in [1.807, 2.05) is 18.3 Å². The number of furan rings is 1. The second kappa shape index (κ2) is 4.98. The Kier molecular flexibility index (Phi) is 3.19. The second-order valence-corrected chi connectivity index (χ2v) is 4.93. The summed E-state index contributed by atoms with van der Waals surface area (Å²) in [6.45, 7) is 3.96. The fraction of sp³-hybridized carbons (Fsp3) is 0.500. The first-order valence-electron chi connectivity index (χ1n) is 6.62. The van der Waals surface area contributed by atoms with Crippen LogP contribution in [0.2, 0.25) is 0 Å². The van der Waals surface area contributed by atoms with Crippen molar-refractivity contribution < 1.29 is 4.42 Å². The average molecular weight is 245 g/mol. The minimum atomic E-state index is 0.391. The van der Waals surface area contributed by atoms with Crippen LogP contribution in [0.5, 0.6) is 0 Å². The van der Waals surface area contributed by atoms with E-state index in [1.165, 1.54) is 25.0 Å². The number of rotatable bonds is 3. The number of aromatic nitrogens is 2. The Morgan fingerprint density at radius 2 is 2.44 bits per heavy atom. The Balaban J connectivity index is 1.86. The molecule has 2 aromatic rings. The zero-order valence-electron chi connectivity index (χ0n) is 10.7. The van der Waals surface area contributed by atoms with Crippen LogP contribution in [0.3, 0.4) is 0 Å². The lowest BCUT2D eigenvalue weighted by Gasteiger charge is -2.24. The van der Waals surface area contributed by atoms with Crippen LogP contribution in [-0.4, -0.2) is 16.1 Å². The van der Waals surface area contributed by atoms with Crippen LogP contribution in [0.1, 0.15) is 42.6 Å². The monoisotopic (exact) mass is 245 g/mol. The average Bonchev–Trinajstić information content (AvgIpc) is 3.03. The molecule has 96 valence electrons. The summed E-state index contributed by atoms with van der Waals surface area (Å²) in [5.74, 6) is 2.12. The zero-order chi connectivity index (χ0) is 12.4. The molecule has 1 aliphatic heterocycles. The number of piperidine rings is 1. The van der Waals surface area contributed by atoms with Crippen LogP contribution in [0.25, 0.3) is 0 Å². The normalized spacial score (nSPS) is 20.2. The van der Waals surface area contributed by atoms with Gasteiger partial charge < -0.3 is 14.3 Å². The van der Waals surface area contributed by atoms with Gasteiger partial charge >= 0.3 is 0 Å². The fourth-order valence-corrected chi connectivity index (χ4v) is 2.59. The van der Waals surface area contributed by atoms with Crippen molar-refractivity contribution >= 4 is 0 Å².